The maximum absolute atomic E-state index is 12.5. The molecule has 4 nitrogen and oxygen atoms in total. The van der Waals surface area contributed by atoms with Gasteiger partial charge < -0.3 is 10.1 Å². The minimum absolute atomic E-state index is 0.0315. The van der Waals surface area contributed by atoms with Gasteiger partial charge in [-0.25, -0.2) is 0 Å². The number of fused-ring (bicyclic) bond motifs is 2. The third kappa shape index (κ3) is 1.64. The van der Waals surface area contributed by atoms with Crippen molar-refractivity contribution >= 4 is 28.0 Å². The van der Waals surface area contributed by atoms with Crippen LogP contribution in [0.15, 0.2) is 59.4 Å². The first-order valence-electron chi connectivity index (χ1n) is 6.84. The van der Waals surface area contributed by atoms with Crippen molar-refractivity contribution in [2.24, 2.45) is 0 Å². The molecular formula is C18H10NO3-. The maximum Gasteiger partial charge on any atom is 0.195 e. The summed E-state index contributed by atoms with van der Waals surface area (Å²) in [5.41, 5.74) is 1.47. The molecule has 4 rings (SSSR count). The quantitative estimate of drug-likeness (QED) is 0.744. The number of aromatic amines is 1. The Morgan fingerprint density at radius 3 is 2.32 bits per heavy atom. The number of hydrogen-bond donors (Lipinski definition) is 1. The molecule has 2 aromatic carbocycles. The summed E-state index contributed by atoms with van der Waals surface area (Å²) in [6.45, 7) is 0. The number of pyridine rings is 1. The molecule has 0 bridgehead atoms. The SMILES string of the molecule is O=C1C(c2cc(=O)c3ccccc3[nH]2)=C([O-])c2ccccc21. The molecule has 3 aromatic rings. The van der Waals surface area contributed by atoms with Gasteiger partial charge in [-0.15, -0.1) is 0 Å². The van der Waals surface area contributed by atoms with Crippen LogP contribution in [0.1, 0.15) is 21.6 Å². The van der Waals surface area contributed by atoms with Gasteiger partial charge in [-0.05, 0) is 17.7 Å². The maximum atomic E-state index is 12.5. The molecule has 1 aromatic heterocycles. The van der Waals surface area contributed by atoms with Crippen LogP contribution in [-0.2, 0) is 0 Å². The van der Waals surface area contributed by atoms with Gasteiger partial charge in [0.1, 0.15) is 0 Å². The van der Waals surface area contributed by atoms with Crippen molar-refractivity contribution in [3.8, 4) is 0 Å². The molecule has 1 heterocycles. The van der Waals surface area contributed by atoms with Gasteiger partial charge in [0, 0.05) is 28.1 Å². The van der Waals surface area contributed by atoms with Gasteiger partial charge >= 0.3 is 0 Å². The minimum atomic E-state index is -0.341. The monoisotopic (exact) mass is 288 g/mol. The molecule has 0 saturated carbocycles. The number of benzene rings is 2. The fourth-order valence-electron chi connectivity index (χ4n) is 2.83. The molecule has 0 aliphatic heterocycles. The molecule has 0 radical (unpaired) electrons. The van der Waals surface area contributed by atoms with Crippen molar-refractivity contribution < 1.29 is 9.90 Å². The van der Waals surface area contributed by atoms with Gasteiger partial charge in [-0.1, -0.05) is 42.2 Å². The minimum Gasteiger partial charge on any atom is -0.871 e. The van der Waals surface area contributed by atoms with Gasteiger partial charge in [0.15, 0.2) is 11.2 Å². The first-order chi connectivity index (χ1) is 10.7. The lowest BCUT2D eigenvalue weighted by molar-refractivity contribution is -0.242. The van der Waals surface area contributed by atoms with Crippen LogP contribution in [0, 0.1) is 0 Å². The van der Waals surface area contributed by atoms with Gasteiger partial charge in [0.05, 0.1) is 5.69 Å². The highest BCUT2D eigenvalue weighted by atomic mass is 16.3. The smallest absolute Gasteiger partial charge is 0.195 e. The van der Waals surface area contributed by atoms with Crippen molar-refractivity contribution in [3.63, 3.8) is 0 Å². The van der Waals surface area contributed by atoms with Crippen molar-refractivity contribution in [3.05, 3.63) is 81.6 Å². The normalized spacial score (nSPS) is 13.7. The average Bonchev–Trinajstić information content (AvgIpc) is 2.79. The van der Waals surface area contributed by atoms with E-state index in [9.17, 15) is 14.7 Å². The van der Waals surface area contributed by atoms with Crippen molar-refractivity contribution in [1.82, 2.24) is 4.98 Å². The fourth-order valence-corrected chi connectivity index (χ4v) is 2.83. The fraction of sp³-hybridized carbons (Fsp3) is 0. The zero-order chi connectivity index (χ0) is 15.3. The third-order valence-electron chi connectivity index (χ3n) is 3.88. The molecule has 0 spiro atoms. The van der Waals surface area contributed by atoms with Gasteiger partial charge in [0.2, 0.25) is 0 Å². The third-order valence-corrected chi connectivity index (χ3v) is 3.88. The van der Waals surface area contributed by atoms with Crippen LogP contribution in [-0.4, -0.2) is 10.8 Å². The predicted octanol–water partition coefficient (Wildman–Crippen LogP) is 1.95. The highest BCUT2D eigenvalue weighted by Crippen LogP contribution is 2.34. The number of aromatic nitrogens is 1. The lowest BCUT2D eigenvalue weighted by atomic mass is 10.1. The first-order valence-corrected chi connectivity index (χ1v) is 6.84. The van der Waals surface area contributed by atoms with Crippen LogP contribution in [0.5, 0.6) is 0 Å². The van der Waals surface area contributed by atoms with Crippen molar-refractivity contribution in [2.45, 2.75) is 0 Å². The highest BCUT2D eigenvalue weighted by molar-refractivity contribution is 6.38. The largest absolute Gasteiger partial charge is 0.871 e. The molecule has 0 saturated heterocycles. The average molecular weight is 288 g/mol. The molecule has 0 fully saturated rings. The van der Waals surface area contributed by atoms with Crippen LogP contribution in [0.4, 0.5) is 0 Å². The number of Topliss-reactive ketones (excluding diaryl/α,β-unsaturated/α-hetero) is 1. The van der Waals surface area contributed by atoms with E-state index in [-0.39, 0.29) is 28.2 Å². The van der Waals surface area contributed by atoms with E-state index in [1.807, 2.05) is 0 Å². The van der Waals surface area contributed by atoms with Gasteiger partial charge in [0.25, 0.3) is 0 Å². The zero-order valence-corrected chi connectivity index (χ0v) is 11.4. The Kier molecular flexibility index (Phi) is 2.53. The van der Waals surface area contributed by atoms with E-state index in [1.165, 1.54) is 6.07 Å². The Morgan fingerprint density at radius 1 is 0.864 bits per heavy atom. The number of allylic oxidation sites excluding steroid dienone is 1. The molecular weight excluding hydrogens is 278 g/mol. The topological polar surface area (TPSA) is 73.0 Å². The summed E-state index contributed by atoms with van der Waals surface area (Å²) >= 11 is 0. The summed E-state index contributed by atoms with van der Waals surface area (Å²) in [5.74, 6) is -0.682. The Bertz CT molecular complexity index is 1030. The molecule has 0 unspecified atom stereocenters. The summed E-state index contributed by atoms with van der Waals surface area (Å²) in [5, 5.41) is 13.0. The molecule has 1 aliphatic carbocycles. The van der Waals surface area contributed by atoms with Crippen LogP contribution in [0.2, 0.25) is 0 Å². The summed E-state index contributed by atoms with van der Waals surface area (Å²) in [7, 11) is 0. The highest BCUT2D eigenvalue weighted by Gasteiger charge is 2.26. The second-order valence-corrected chi connectivity index (χ2v) is 5.17. The first kappa shape index (κ1) is 12.6. The van der Waals surface area contributed by atoms with E-state index in [2.05, 4.69) is 4.98 Å². The van der Waals surface area contributed by atoms with Crippen molar-refractivity contribution in [2.75, 3.05) is 0 Å². The number of carbonyl (C=O) groups is 1. The number of nitrogens with one attached hydrogen (secondary N) is 1. The second kappa shape index (κ2) is 4.43. The van der Waals surface area contributed by atoms with E-state index >= 15 is 0 Å². The van der Waals surface area contributed by atoms with Crippen LogP contribution in [0.25, 0.3) is 22.2 Å². The van der Waals surface area contributed by atoms with Crippen LogP contribution >= 0.6 is 0 Å². The summed E-state index contributed by atoms with van der Waals surface area (Å²) in [4.78, 5) is 27.7. The Labute approximate surface area is 125 Å². The molecule has 22 heavy (non-hydrogen) atoms. The second-order valence-electron chi connectivity index (χ2n) is 5.17. The number of carbonyl (C=O) groups excluding carboxylic acids is 1. The standard InChI is InChI=1S/C18H11NO3/c20-15-9-14(19-13-8-4-3-7-12(13)15)16-17(21)10-5-1-2-6-11(10)18(16)22/h1-9,21H,(H,19,20)/p-1. The predicted molar refractivity (Wildman–Crippen MR) is 82.2 cm³/mol. The number of H-pyrrole nitrogens is 1. The number of hydrogen-bond acceptors (Lipinski definition) is 3. The number of rotatable bonds is 1. The summed E-state index contributed by atoms with van der Waals surface area (Å²) in [6, 6.07) is 15.0. The molecule has 106 valence electrons. The van der Waals surface area contributed by atoms with E-state index in [4.69, 9.17) is 0 Å². The molecule has 4 heteroatoms. The molecule has 1 aliphatic rings. The van der Waals surface area contributed by atoms with Gasteiger partial charge in [-0.2, -0.15) is 0 Å². The Balaban J connectivity index is 1.99. The molecule has 1 N–H and O–H groups in total. The zero-order valence-electron chi connectivity index (χ0n) is 11.4. The molecule has 0 amide bonds. The van der Waals surface area contributed by atoms with Crippen LogP contribution in [0.3, 0.4) is 0 Å². The van der Waals surface area contributed by atoms with Crippen molar-refractivity contribution in [1.29, 1.82) is 0 Å². The Hall–Kier alpha value is -3.14. The number of ketones is 1. The van der Waals surface area contributed by atoms with E-state index in [0.717, 1.165) is 0 Å². The summed E-state index contributed by atoms with van der Waals surface area (Å²) in [6.07, 6.45) is 0. The van der Waals surface area contributed by atoms with Crippen LogP contribution < -0.4 is 10.5 Å². The number of para-hydroxylation sites is 1. The lowest BCUT2D eigenvalue weighted by Gasteiger charge is -2.12. The lowest BCUT2D eigenvalue weighted by Crippen LogP contribution is -2.10. The van der Waals surface area contributed by atoms with E-state index in [0.29, 0.717) is 22.0 Å². The molecule has 0 atom stereocenters. The Morgan fingerprint density at radius 2 is 1.55 bits per heavy atom. The van der Waals surface area contributed by atoms with Gasteiger partial charge in [-0.3, -0.25) is 9.59 Å². The summed E-state index contributed by atoms with van der Waals surface area (Å²) < 4.78 is 0. The van der Waals surface area contributed by atoms with E-state index in [1.54, 1.807) is 48.5 Å². The van der Waals surface area contributed by atoms with E-state index < -0.39 is 0 Å².